The maximum absolute atomic E-state index is 12.1. The molecule has 1 aromatic carbocycles. The molecule has 1 fully saturated rings. The van der Waals surface area contributed by atoms with E-state index in [1.807, 2.05) is 32.0 Å². The molecule has 0 aliphatic heterocycles. The zero-order valence-corrected chi connectivity index (χ0v) is 14.3. The van der Waals surface area contributed by atoms with Crippen molar-refractivity contribution in [3.63, 3.8) is 0 Å². The van der Waals surface area contributed by atoms with Crippen molar-refractivity contribution >= 4 is 17.7 Å². The fraction of sp³-hybridized carbons (Fsp3) is 0.500. The van der Waals surface area contributed by atoms with Gasteiger partial charge in [0.2, 0.25) is 11.1 Å². The second-order valence-electron chi connectivity index (χ2n) is 5.95. The number of para-hydroxylation sites is 1. The number of benzene rings is 1. The molecule has 2 aromatic rings. The Morgan fingerprint density at radius 1 is 1.30 bits per heavy atom. The lowest BCUT2D eigenvalue weighted by Gasteiger charge is -2.12. The van der Waals surface area contributed by atoms with Gasteiger partial charge in [0.05, 0.1) is 11.4 Å². The van der Waals surface area contributed by atoms with Crippen molar-refractivity contribution in [1.29, 1.82) is 0 Å². The lowest BCUT2D eigenvalue weighted by molar-refractivity contribution is -0.119. The summed E-state index contributed by atoms with van der Waals surface area (Å²) in [6.07, 6.45) is 4.61. The number of aromatic nitrogens is 4. The predicted molar refractivity (Wildman–Crippen MR) is 89.8 cm³/mol. The van der Waals surface area contributed by atoms with Gasteiger partial charge in [0.1, 0.15) is 0 Å². The van der Waals surface area contributed by atoms with Crippen LogP contribution in [0.15, 0.2) is 23.4 Å². The average molecular weight is 331 g/mol. The Bertz CT molecular complexity index is 673. The van der Waals surface area contributed by atoms with Gasteiger partial charge in [0.25, 0.3) is 0 Å². The van der Waals surface area contributed by atoms with Crippen molar-refractivity contribution in [2.45, 2.75) is 50.7 Å². The van der Waals surface area contributed by atoms with Crippen LogP contribution in [-0.2, 0) is 4.79 Å². The maximum Gasteiger partial charge on any atom is 0.230 e. The van der Waals surface area contributed by atoms with Crippen LogP contribution >= 0.6 is 11.8 Å². The van der Waals surface area contributed by atoms with Crippen molar-refractivity contribution < 1.29 is 4.79 Å². The molecule has 0 radical (unpaired) electrons. The first-order valence-corrected chi connectivity index (χ1v) is 8.91. The van der Waals surface area contributed by atoms with Crippen LogP contribution in [0.4, 0.5) is 0 Å². The third-order valence-electron chi connectivity index (χ3n) is 4.14. The van der Waals surface area contributed by atoms with E-state index in [-0.39, 0.29) is 5.91 Å². The molecule has 23 heavy (non-hydrogen) atoms. The minimum absolute atomic E-state index is 0.0537. The van der Waals surface area contributed by atoms with Gasteiger partial charge < -0.3 is 5.32 Å². The van der Waals surface area contributed by atoms with Gasteiger partial charge in [-0.15, -0.1) is 5.10 Å². The minimum atomic E-state index is 0.0537. The number of carbonyl (C=O) groups excluding carboxylic acids is 1. The molecular formula is C16H21N5OS. The highest BCUT2D eigenvalue weighted by molar-refractivity contribution is 7.99. The van der Waals surface area contributed by atoms with E-state index in [2.05, 4.69) is 20.8 Å². The van der Waals surface area contributed by atoms with Gasteiger partial charge in [-0.1, -0.05) is 42.8 Å². The summed E-state index contributed by atoms with van der Waals surface area (Å²) in [5.41, 5.74) is 3.19. The van der Waals surface area contributed by atoms with E-state index in [1.165, 1.54) is 24.6 Å². The summed E-state index contributed by atoms with van der Waals surface area (Å²) in [5.74, 6) is 0.389. The highest BCUT2D eigenvalue weighted by Crippen LogP contribution is 2.23. The summed E-state index contributed by atoms with van der Waals surface area (Å²) in [6.45, 7) is 4.07. The van der Waals surface area contributed by atoms with E-state index in [4.69, 9.17) is 0 Å². The quantitative estimate of drug-likeness (QED) is 0.852. The minimum Gasteiger partial charge on any atom is -0.353 e. The van der Waals surface area contributed by atoms with E-state index < -0.39 is 0 Å². The van der Waals surface area contributed by atoms with E-state index in [9.17, 15) is 4.79 Å². The van der Waals surface area contributed by atoms with E-state index >= 15 is 0 Å². The van der Waals surface area contributed by atoms with E-state index in [0.29, 0.717) is 17.0 Å². The maximum atomic E-state index is 12.1. The molecule has 0 bridgehead atoms. The third kappa shape index (κ3) is 3.72. The number of rotatable bonds is 5. The van der Waals surface area contributed by atoms with Crippen LogP contribution in [0.5, 0.6) is 0 Å². The number of carbonyl (C=O) groups is 1. The first kappa shape index (κ1) is 16.0. The van der Waals surface area contributed by atoms with Crippen LogP contribution in [0.2, 0.25) is 0 Å². The number of nitrogens with one attached hydrogen (secondary N) is 1. The van der Waals surface area contributed by atoms with Crippen LogP contribution in [0, 0.1) is 13.8 Å². The van der Waals surface area contributed by atoms with Crippen LogP contribution < -0.4 is 5.32 Å². The fourth-order valence-electron chi connectivity index (χ4n) is 3.02. The molecule has 1 aromatic heterocycles. The Hall–Kier alpha value is -1.89. The lowest BCUT2D eigenvalue weighted by atomic mass is 10.1. The predicted octanol–water partition coefficient (Wildman–Crippen LogP) is 2.43. The molecule has 0 atom stereocenters. The van der Waals surface area contributed by atoms with Gasteiger partial charge in [-0.3, -0.25) is 4.79 Å². The zero-order valence-electron chi connectivity index (χ0n) is 13.5. The smallest absolute Gasteiger partial charge is 0.230 e. The number of aryl methyl sites for hydroxylation is 2. The van der Waals surface area contributed by atoms with Crippen molar-refractivity contribution in [2.24, 2.45) is 0 Å². The van der Waals surface area contributed by atoms with E-state index in [1.54, 1.807) is 4.68 Å². The summed E-state index contributed by atoms with van der Waals surface area (Å²) in [6, 6.07) is 6.43. The molecule has 0 saturated heterocycles. The van der Waals surface area contributed by atoms with Crippen LogP contribution in [0.3, 0.4) is 0 Å². The van der Waals surface area contributed by atoms with E-state index in [0.717, 1.165) is 29.7 Å². The fourth-order valence-corrected chi connectivity index (χ4v) is 3.71. The Kier molecular flexibility index (Phi) is 4.95. The van der Waals surface area contributed by atoms with Gasteiger partial charge in [-0.05, 0) is 48.2 Å². The molecule has 0 unspecified atom stereocenters. The Morgan fingerprint density at radius 3 is 2.70 bits per heavy atom. The van der Waals surface area contributed by atoms with Gasteiger partial charge >= 0.3 is 0 Å². The Morgan fingerprint density at radius 2 is 2.00 bits per heavy atom. The first-order valence-electron chi connectivity index (χ1n) is 7.92. The second-order valence-corrected chi connectivity index (χ2v) is 6.89. The molecule has 1 N–H and O–H groups in total. The summed E-state index contributed by atoms with van der Waals surface area (Å²) >= 11 is 1.37. The highest BCUT2D eigenvalue weighted by atomic mass is 32.2. The largest absolute Gasteiger partial charge is 0.353 e. The molecular weight excluding hydrogens is 310 g/mol. The number of hydrogen-bond donors (Lipinski definition) is 1. The third-order valence-corrected chi connectivity index (χ3v) is 5.06. The molecule has 1 aliphatic carbocycles. The topological polar surface area (TPSA) is 72.7 Å². The van der Waals surface area contributed by atoms with Crippen LogP contribution in [-0.4, -0.2) is 37.9 Å². The Balaban J connectivity index is 1.68. The van der Waals surface area contributed by atoms with Crippen molar-refractivity contribution in [3.8, 4) is 5.69 Å². The zero-order chi connectivity index (χ0) is 16.2. The number of amides is 1. The van der Waals surface area contributed by atoms with Crippen LogP contribution in [0.25, 0.3) is 5.69 Å². The molecule has 7 heteroatoms. The number of nitrogens with zero attached hydrogens (tertiary/aromatic N) is 4. The summed E-state index contributed by atoms with van der Waals surface area (Å²) in [4.78, 5) is 12.1. The molecule has 3 rings (SSSR count). The number of hydrogen-bond acceptors (Lipinski definition) is 5. The van der Waals surface area contributed by atoms with Crippen molar-refractivity contribution in [3.05, 3.63) is 29.3 Å². The summed E-state index contributed by atoms with van der Waals surface area (Å²) in [5, 5.41) is 15.7. The monoisotopic (exact) mass is 331 g/mol. The highest BCUT2D eigenvalue weighted by Gasteiger charge is 2.19. The van der Waals surface area contributed by atoms with Crippen molar-refractivity contribution in [1.82, 2.24) is 25.5 Å². The molecule has 1 aliphatic rings. The molecule has 122 valence electrons. The number of thioether (sulfide) groups is 1. The molecule has 1 saturated carbocycles. The molecule has 1 amide bonds. The standard InChI is InChI=1S/C16H21N5OS/c1-11-6-5-7-12(2)15(11)21-16(18-19-20-21)23-10-14(22)17-13-8-3-4-9-13/h5-7,13H,3-4,8-10H2,1-2H3,(H,17,22). The summed E-state index contributed by atoms with van der Waals surface area (Å²) < 4.78 is 1.72. The average Bonchev–Trinajstić information content (AvgIpc) is 3.17. The second kappa shape index (κ2) is 7.12. The number of tetrazole rings is 1. The van der Waals surface area contributed by atoms with Gasteiger partial charge in [0, 0.05) is 6.04 Å². The van der Waals surface area contributed by atoms with Crippen LogP contribution in [0.1, 0.15) is 36.8 Å². The normalized spacial score (nSPS) is 15.0. The lowest BCUT2D eigenvalue weighted by Crippen LogP contribution is -2.33. The SMILES string of the molecule is Cc1cccc(C)c1-n1nnnc1SCC(=O)NC1CCCC1. The van der Waals surface area contributed by atoms with Gasteiger partial charge in [0.15, 0.2) is 0 Å². The first-order chi connectivity index (χ1) is 11.1. The van der Waals surface area contributed by atoms with Gasteiger partial charge in [-0.25, -0.2) is 0 Å². The summed E-state index contributed by atoms with van der Waals surface area (Å²) in [7, 11) is 0. The molecule has 1 heterocycles. The Labute approximate surface area is 140 Å². The molecule has 6 nitrogen and oxygen atoms in total. The van der Waals surface area contributed by atoms with Crippen molar-refractivity contribution in [2.75, 3.05) is 5.75 Å². The molecule has 0 spiro atoms. The van der Waals surface area contributed by atoms with Gasteiger partial charge in [-0.2, -0.15) is 4.68 Å².